The maximum atomic E-state index is 13.5. The van der Waals surface area contributed by atoms with Crippen molar-refractivity contribution >= 4 is 23.2 Å². The number of piperidine rings is 1. The highest BCUT2D eigenvalue weighted by molar-refractivity contribution is 7.10. The molecular weight excluding hydrogens is 416 g/mol. The predicted octanol–water partition coefficient (Wildman–Crippen LogP) is 4.34. The van der Waals surface area contributed by atoms with Gasteiger partial charge in [-0.2, -0.15) is 0 Å². The molecule has 168 valence electrons. The standard InChI is InChI=1S/C26H32N4OS/c1-6-18-8-7-9-20(14-18)21-15-22(32-16-21)26(4)23(24(31)29(5)25(27)28-26)19-10-12-30(13-11-19)17(2)3/h1,7-9,14-17,19,23H,10-13H2,2-5H3,(H2,27,28)/t23-,26+/m0/s1. The molecule has 0 aliphatic carbocycles. The van der Waals surface area contributed by atoms with Crippen LogP contribution in [0.1, 0.15) is 44.1 Å². The second-order valence-electron chi connectivity index (χ2n) is 9.44. The van der Waals surface area contributed by atoms with Gasteiger partial charge in [-0.3, -0.25) is 15.1 Å². The number of nitrogens with zero attached hydrogens (tertiary/aromatic N) is 2. The molecule has 1 amide bonds. The van der Waals surface area contributed by atoms with Crippen molar-refractivity contribution < 1.29 is 4.79 Å². The SMILES string of the molecule is C#Cc1cccc(-c2csc([C@@]3(C)NC(=N)N(C)C(=O)[C@@H]3C3CCN(C(C)C)CC3)c2)c1. The number of nitrogens with one attached hydrogen (secondary N) is 2. The third kappa shape index (κ3) is 3.96. The first-order valence-corrected chi connectivity index (χ1v) is 12.2. The number of terminal acetylenes is 1. The average molecular weight is 449 g/mol. The van der Waals surface area contributed by atoms with Gasteiger partial charge in [0.25, 0.3) is 0 Å². The van der Waals surface area contributed by atoms with Gasteiger partial charge in [0.05, 0.1) is 11.5 Å². The van der Waals surface area contributed by atoms with Gasteiger partial charge in [-0.1, -0.05) is 18.1 Å². The zero-order valence-electron chi connectivity index (χ0n) is 19.3. The lowest BCUT2D eigenvalue weighted by atomic mass is 9.70. The Morgan fingerprint density at radius 3 is 2.62 bits per heavy atom. The van der Waals surface area contributed by atoms with Crippen molar-refractivity contribution in [1.29, 1.82) is 5.41 Å². The highest BCUT2D eigenvalue weighted by Crippen LogP contribution is 2.45. The van der Waals surface area contributed by atoms with Crippen LogP contribution in [0.25, 0.3) is 11.1 Å². The van der Waals surface area contributed by atoms with E-state index in [9.17, 15) is 4.79 Å². The first kappa shape index (κ1) is 22.6. The maximum absolute atomic E-state index is 13.5. The Bertz CT molecular complexity index is 1060. The smallest absolute Gasteiger partial charge is 0.235 e. The quantitative estimate of drug-likeness (QED) is 0.684. The van der Waals surface area contributed by atoms with Crippen LogP contribution in [0.5, 0.6) is 0 Å². The monoisotopic (exact) mass is 448 g/mol. The van der Waals surface area contributed by atoms with E-state index >= 15 is 0 Å². The van der Waals surface area contributed by atoms with Gasteiger partial charge in [-0.15, -0.1) is 17.8 Å². The van der Waals surface area contributed by atoms with E-state index in [4.69, 9.17) is 11.8 Å². The van der Waals surface area contributed by atoms with Crippen molar-refractivity contribution in [3.05, 3.63) is 46.2 Å². The van der Waals surface area contributed by atoms with Crippen LogP contribution >= 0.6 is 11.3 Å². The molecule has 2 saturated heterocycles. The molecule has 2 N–H and O–H groups in total. The molecule has 0 bridgehead atoms. The van der Waals surface area contributed by atoms with E-state index in [0.717, 1.165) is 47.5 Å². The van der Waals surface area contributed by atoms with Crippen LogP contribution in [-0.4, -0.2) is 47.8 Å². The molecule has 1 aromatic carbocycles. The summed E-state index contributed by atoms with van der Waals surface area (Å²) in [7, 11) is 1.71. The minimum absolute atomic E-state index is 0.0449. The highest BCUT2D eigenvalue weighted by Gasteiger charge is 2.52. The molecule has 4 rings (SSSR count). The summed E-state index contributed by atoms with van der Waals surface area (Å²) in [6, 6.07) is 10.7. The van der Waals surface area contributed by atoms with E-state index in [-0.39, 0.29) is 23.7 Å². The number of hydrogen-bond donors (Lipinski definition) is 2. The lowest BCUT2D eigenvalue weighted by Crippen LogP contribution is -2.65. The van der Waals surface area contributed by atoms with Crippen molar-refractivity contribution in [3.8, 4) is 23.5 Å². The second kappa shape index (κ2) is 8.73. The van der Waals surface area contributed by atoms with E-state index in [2.05, 4.69) is 54.4 Å². The van der Waals surface area contributed by atoms with E-state index < -0.39 is 5.54 Å². The zero-order chi connectivity index (χ0) is 23.0. The summed E-state index contributed by atoms with van der Waals surface area (Å²) in [5.74, 6) is 2.98. The molecule has 2 aliphatic rings. The van der Waals surface area contributed by atoms with Crippen molar-refractivity contribution in [2.45, 2.75) is 45.2 Å². The Hall–Kier alpha value is -2.62. The summed E-state index contributed by atoms with van der Waals surface area (Å²) in [6.07, 6.45) is 7.58. The molecule has 2 aromatic rings. The molecule has 3 heterocycles. The lowest BCUT2D eigenvalue weighted by molar-refractivity contribution is -0.139. The number of amides is 1. The summed E-state index contributed by atoms with van der Waals surface area (Å²) >= 11 is 1.65. The summed E-state index contributed by atoms with van der Waals surface area (Å²) < 4.78 is 0. The van der Waals surface area contributed by atoms with Gasteiger partial charge in [0.2, 0.25) is 5.91 Å². The van der Waals surface area contributed by atoms with Gasteiger partial charge >= 0.3 is 0 Å². The van der Waals surface area contributed by atoms with Crippen LogP contribution in [-0.2, 0) is 10.3 Å². The number of benzene rings is 1. The van der Waals surface area contributed by atoms with E-state index in [1.54, 1.807) is 18.4 Å². The van der Waals surface area contributed by atoms with Gasteiger partial charge in [-0.25, -0.2) is 0 Å². The molecule has 2 fully saturated rings. The molecule has 6 heteroatoms. The second-order valence-corrected chi connectivity index (χ2v) is 10.4. The van der Waals surface area contributed by atoms with Gasteiger partial charge in [-0.05, 0) is 87.3 Å². The fourth-order valence-corrected chi connectivity index (χ4v) is 6.25. The zero-order valence-corrected chi connectivity index (χ0v) is 20.1. The summed E-state index contributed by atoms with van der Waals surface area (Å²) in [5, 5.41) is 14.0. The molecular formula is C26H32N4OS. The van der Waals surface area contributed by atoms with Crippen LogP contribution in [0, 0.1) is 29.6 Å². The largest absolute Gasteiger partial charge is 0.345 e. The Morgan fingerprint density at radius 1 is 1.25 bits per heavy atom. The number of carbonyl (C=O) groups is 1. The molecule has 32 heavy (non-hydrogen) atoms. The molecule has 2 atom stereocenters. The van der Waals surface area contributed by atoms with Crippen molar-refractivity contribution in [2.24, 2.45) is 11.8 Å². The van der Waals surface area contributed by atoms with Gasteiger partial charge in [0, 0.05) is 23.5 Å². The molecule has 2 aliphatic heterocycles. The number of guanidine groups is 1. The first-order valence-electron chi connectivity index (χ1n) is 11.3. The van der Waals surface area contributed by atoms with Crippen LogP contribution in [0.4, 0.5) is 0 Å². The van der Waals surface area contributed by atoms with E-state index in [0.29, 0.717) is 6.04 Å². The summed E-state index contributed by atoms with van der Waals surface area (Å²) in [4.78, 5) is 18.6. The van der Waals surface area contributed by atoms with E-state index in [1.165, 1.54) is 4.90 Å². The maximum Gasteiger partial charge on any atom is 0.235 e. The average Bonchev–Trinajstić information content (AvgIpc) is 3.29. The third-order valence-electron chi connectivity index (χ3n) is 7.18. The topological polar surface area (TPSA) is 59.4 Å². The fraction of sp³-hybridized carbons (Fsp3) is 0.462. The first-order chi connectivity index (χ1) is 15.2. The Kier molecular flexibility index (Phi) is 6.15. The number of hydrogen-bond acceptors (Lipinski definition) is 4. The van der Waals surface area contributed by atoms with Crippen molar-refractivity contribution in [3.63, 3.8) is 0 Å². The van der Waals surface area contributed by atoms with E-state index in [1.807, 2.05) is 18.2 Å². The molecule has 0 saturated carbocycles. The molecule has 0 spiro atoms. The van der Waals surface area contributed by atoms with Crippen LogP contribution in [0.3, 0.4) is 0 Å². The summed E-state index contributed by atoms with van der Waals surface area (Å²) in [6.45, 7) is 8.58. The number of thiophene rings is 1. The van der Waals surface area contributed by atoms with Gasteiger partial charge in [0.1, 0.15) is 0 Å². The van der Waals surface area contributed by atoms with Crippen LogP contribution in [0.2, 0.25) is 0 Å². The van der Waals surface area contributed by atoms with Crippen molar-refractivity contribution in [2.75, 3.05) is 20.1 Å². The molecule has 0 radical (unpaired) electrons. The summed E-state index contributed by atoms with van der Waals surface area (Å²) in [5.41, 5.74) is 2.41. The molecule has 0 unspecified atom stereocenters. The number of rotatable bonds is 4. The third-order valence-corrected chi connectivity index (χ3v) is 8.35. The minimum atomic E-state index is -0.613. The Labute approximate surface area is 195 Å². The molecule has 5 nitrogen and oxygen atoms in total. The van der Waals surface area contributed by atoms with Crippen molar-refractivity contribution in [1.82, 2.24) is 15.1 Å². The Balaban J connectivity index is 1.68. The normalized spacial score (nSPS) is 25.1. The fourth-order valence-electron chi connectivity index (χ4n) is 5.18. The number of likely N-dealkylation sites (tertiary alicyclic amines) is 1. The lowest BCUT2D eigenvalue weighted by Gasteiger charge is -2.49. The highest BCUT2D eigenvalue weighted by atomic mass is 32.1. The predicted molar refractivity (Wildman–Crippen MR) is 132 cm³/mol. The van der Waals surface area contributed by atoms with Gasteiger partial charge in [0.15, 0.2) is 5.96 Å². The Morgan fingerprint density at radius 2 is 1.97 bits per heavy atom. The minimum Gasteiger partial charge on any atom is -0.345 e. The molecule has 1 aromatic heterocycles. The van der Waals surface area contributed by atoms with Gasteiger partial charge < -0.3 is 10.2 Å². The van der Waals surface area contributed by atoms with Crippen LogP contribution < -0.4 is 5.32 Å². The van der Waals surface area contributed by atoms with Crippen LogP contribution in [0.15, 0.2) is 35.7 Å². The number of carbonyl (C=O) groups excluding carboxylic acids is 1.